The number of rotatable bonds is 7. The molecule has 1 amide bonds. The minimum atomic E-state index is -0.379. The summed E-state index contributed by atoms with van der Waals surface area (Å²) in [4.78, 5) is 16.2. The molecule has 3 aromatic rings. The van der Waals surface area contributed by atoms with Crippen LogP contribution in [0.4, 0.5) is 0 Å². The van der Waals surface area contributed by atoms with Gasteiger partial charge in [-0.2, -0.15) is 10.2 Å². The van der Waals surface area contributed by atoms with E-state index >= 15 is 0 Å². The second-order valence-electron chi connectivity index (χ2n) is 5.50. The molecule has 2 aromatic heterocycles. The summed E-state index contributed by atoms with van der Waals surface area (Å²) in [6.07, 6.45) is 5.76. The minimum Gasteiger partial charge on any atom is -0.493 e. The number of pyridine rings is 1. The van der Waals surface area contributed by atoms with Crippen LogP contribution in [0.15, 0.2) is 60.0 Å². The molecule has 0 bridgehead atoms. The van der Waals surface area contributed by atoms with Crippen molar-refractivity contribution in [2.24, 2.45) is 5.10 Å². The third kappa shape index (κ3) is 4.32. The largest absolute Gasteiger partial charge is 0.493 e. The molecule has 7 heteroatoms. The number of hydrazone groups is 1. The first-order valence-corrected chi connectivity index (χ1v) is 8.29. The Hall–Kier alpha value is -3.48. The third-order valence-corrected chi connectivity index (χ3v) is 3.51. The molecule has 26 heavy (non-hydrogen) atoms. The molecular formula is C19H19N5O2. The van der Waals surface area contributed by atoms with Gasteiger partial charge < -0.3 is 4.74 Å². The molecular weight excluding hydrogens is 330 g/mol. The Morgan fingerprint density at radius 2 is 2.19 bits per heavy atom. The maximum Gasteiger partial charge on any atom is 0.289 e. The lowest BCUT2D eigenvalue weighted by Gasteiger charge is -2.08. The number of nitrogens with one attached hydrogen (secondary N) is 2. The first-order chi connectivity index (χ1) is 12.8. The van der Waals surface area contributed by atoms with Gasteiger partial charge in [0.05, 0.1) is 18.5 Å². The van der Waals surface area contributed by atoms with Crippen LogP contribution in [0.25, 0.3) is 11.3 Å². The molecule has 1 aromatic carbocycles. The summed E-state index contributed by atoms with van der Waals surface area (Å²) in [5, 5.41) is 10.9. The van der Waals surface area contributed by atoms with Gasteiger partial charge in [-0.15, -0.1) is 0 Å². The highest BCUT2D eigenvalue weighted by molar-refractivity contribution is 5.94. The van der Waals surface area contributed by atoms with Crippen molar-refractivity contribution < 1.29 is 9.53 Å². The molecule has 0 radical (unpaired) electrons. The average Bonchev–Trinajstić information content (AvgIpc) is 3.17. The molecule has 0 fully saturated rings. The Labute approximate surface area is 151 Å². The first kappa shape index (κ1) is 17.3. The molecule has 2 N–H and O–H groups in total. The summed E-state index contributed by atoms with van der Waals surface area (Å²) < 4.78 is 5.74. The summed E-state index contributed by atoms with van der Waals surface area (Å²) in [6.45, 7) is 2.67. The highest BCUT2D eigenvalue weighted by Gasteiger charge is 2.13. The summed E-state index contributed by atoms with van der Waals surface area (Å²) in [6, 6.07) is 12.9. The van der Waals surface area contributed by atoms with Gasteiger partial charge in [-0.25, -0.2) is 5.43 Å². The SMILES string of the molecule is CCCOc1ccccc1-c1cc(C(=O)NN=Cc2cccnc2)[nH]n1. The van der Waals surface area contributed by atoms with E-state index in [1.807, 2.05) is 37.3 Å². The average molecular weight is 349 g/mol. The number of hydrogen-bond acceptors (Lipinski definition) is 5. The van der Waals surface area contributed by atoms with Crippen molar-refractivity contribution in [2.75, 3.05) is 6.61 Å². The number of benzene rings is 1. The van der Waals surface area contributed by atoms with Crippen LogP contribution >= 0.6 is 0 Å². The van der Waals surface area contributed by atoms with Gasteiger partial charge in [0.2, 0.25) is 0 Å². The van der Waals surface area contributed by atoms with Gasteiger partial charge in [-0.1, -0.05) is 25.1 Å². The highest BCUT2D eigenvalue weighted by Crippen LogP contribution is 2.28. The van der Waals surface area contributed by atoms with Gasteiger partial charge in [0.1, 0.15) is 11.4 Å². The van der Waals surface area contributed by atoms with Crippen LogP contribution in [0.1, 0.15) is 29.4 Å². The lowest BCUT2D eigenvalue weighted by molar-refractivity contribution is 0.0950. The molecule has 0 unspecified atom stereocenters. The van der Waals surface area contributed by atoms with Crippen molar-refractivity contribution in [1.29, 1.82) is 0 Å². The van der Waals surface area contributed by atoms with Crippen LogP contribution < -0.4 is 10.2 Å². The minimum absolute atomic E-state index is 0.314. The van der Waals surface area contributed by atoms with Crippen LogP contribution in [0, 0.1) is 0 Å². The van der Waals surface area contributed by atoms with E-state index in [0.717, 1.165) is 23.3 Å². The number of hydrogen-bond donors (Lipinski definition) is 2. The number of para-hydroxylation sites is 1. The van der Waals surface area contributed by atoms with Crippen LogP contribution in [0.2, 0.25) is 0 Å². The Bertz CT molecular complexity index is 890. The maximum atomic E-state index is 12.2. The zero-order chi connectivity index (χ0) is 18.2. The molecule has 0 aliphatic rings. The number of carbonyl (C=O) groups excluding carboxylic acids is 1. The van der Waals surface area contributed by atoms with E-state index in [2.05, 4.69) is 25.7 Å². The zero-order valence-corrected chi connectivity index (χ0v) is 14.3. The normalized spacial score (nSPS) is 10.8. The second-order valence-corrected chi connectivity index (χ2v) is 5.50. The Kier molecular flexibility index (Phi) is 5.72. The smallest absolute Gasteiger partial charge is 0.289 e. The van der Waals surface area contributed by atoms with E-state index in [1.54, 1.807) is 24.5 Å². The third-order valence-electron chi connectivity index (χ3n) is 3.51. The number of H-pyrrole nitrogens is 1. The monoisotopic (exact) mass is 349 g/mol. The zero-order valence-electron chi connectivity index (χ0n) is 14.3. The Balaban J connectivity index is 1.70. The van der Waals surface area contributed by atoms with E-state index in [1.165, 1.54) is 6.21 Å². The van der Waals surface area contributed by atoms with Crippen molar-refractivity contribution in [2.45, 2.75) is 13.3 Å². The number of amides is 1. The number of carbonyl (C=O) groups is 1. The Morgan fingerprint density at radius 3 is 3.00 bits per heavy atom. The predicted octanol–water partition coefficient (Wildman–Crippen LogP) is 3.02. The lowest BCUT2D eigenvalue weighted by Crippen LogP contribution is -2.18. The van der Waals surface area contributed by atoms with Crippen molar-refractivity contribution in [3.05, 3.63) is 66.1 Å². The van der Waals surface area contributed by atoms with E-state index in [9.17, 15) is 4.79 Å². The summed E-state index contributed by atoms with van der Waals surface area (Å²) >= 11 is 0. The van der Waals surface area contributed by atoms with Crippen LogP contribution in [0.3, 0.4) is 0 Å². The fourth-order valence-electron chi connectivity index (χ4n) is 2.27. The quantitative estimate of drug-likeness (QED) is 0.506. The maximum absolute atomic E-state index is 12.2. The molecule has 3 rings (SSSR count). The van der Waals surface area contributed by atoms with Gasteiger partial charge in [-0.05, 0) is 30.7 Å². The van der Waals surface area contributed by atoms with Crippen molar-refractivity contribution in [3.63, 3.8) is 0 Å². The predicted molar refractivity (Wildman–Crippen MR) is 99.1 cm³/mol. The van der Waals surface area contributed by atoms with E-state index in [4.69, 9.17) is 4.74 Å². The molecule has 0 saturated carbocycles. The van der Waals surface area contributed by atoms with Gasteiger partial charge in [0.25, 0.3) is 5.91 Å². The second kappa shape index (κ2) is 8.57. The van der Waals surface area contributed by atoms with Crippen LogP contribution in [0.5, 0.6) is 5.75 Å². The van der Waals surface area contributed by atoms with Crippen molar-refractivity contribution >= 4 is 12.1 Å². The fourth-order valence-corrected chi connectivity index (χ4v) is 2.27. The summed E-state index contributed by atoms with van der Waals surface area (Å²) in [7, 11) is 0. The van der Waals surface area contributed by atoms with E-state index in [-0.39, 0.29) is 5.91 Å². The van der Waals surface area contributed by atoms with Crippen LogP contribution in [-0.4, -0.2) is 33.9 Å². The number of nitrogens with zero attached hydrogens (tertiary/aromatic N) is 3. The molecule has 0 spiro atoms. The van der Waals surface area contributed by atoms with Gasteiger partial charge in [0, 0.05) is 23.5 Å². The van der Waals surface area contributed by atoms with Crippen LogP contribution in [-0.2, 0) is 0 Å². The first-order valence-electron chi connectivity index (χ1n) is 8.29. The topological polar surface area (TPSA) is 92.3 Å². The fraction of sp³-hybridized carbons (Fsp3) is 0.158. The molecule has 0 aliphatic carbocycles. The number of aromatic amines is 1. The van der Waals surface area contributed by atoms with E-state index < -0.39 is 0 Å². The summed E-state index contributed by atoms with van der Waals surface area (Å²) in [5.41, 5.74) is 5.03. The van der Waals surface area contributed by atoms with Crippen molar-refractivity contribution in [1.82, 2.24) is 20.6 Å². The van der Waals surface area contributed by atoms with Gasteiger partial charge >= 0.3 is 0 Å². The molecule has 132 valence electrons. The van der Waals surface area contributed by atoms with Gasteiger partial charge in [0.15, 0.2) is 0 Å². The molecule has 0 atom stereocenters. The molecule has 0 saturated heterocycles. The molecule has 7 nitrogen and oxygen atoms in total. The van der Waals surface area contributed by atoms with E-state index in [0.29, 0.717) is 18.0 Å². The number of aromatic nitrogens is 3. The standard InChI is InChI=1S/C19H19N5O2/c1-2-10-26-18-8-4-3-7-15(18)16-11-17(23-22-16)19(25)24-21-13-14-6-5-9-20-12-14/h3-9,11-13H,2,10H2,1H3,(H,22,23)(H,24,25). The lowest BCUT2D eigenvalue weighted by atomic mass is 10.1. The Morgan fingerprint density at radius 1 is 1.31 bits per heavy atom. The number of ether oxygens (including phenoxy) is 1. The van der Waals surface area contributed by atoms with Gasteiger partial charge in [-0.3, -0.25) is 14.9 Å². The molecule has 0 aliphatic heterocycles. The van der Waals surface area contributed by atoms with Crippen molar-refractivity contribution in [3.8, 4) is 17.0 Å². The summed E-state index contributed by atoms with van der Waals surface area (Å²) in [5.74, 6) is 0.359. The molecule has 2 heterocycles. The highest BCUT2D eigenvalue weighted by atomic mass is 16.5.